The molecule has 0 nitrogen and oxygen atoms in total. The molecule has 0 amide bonds. The molecular weight excluding hydrogens is 180 g/mol. The van der Waals surface area contributed by atoms with Crippen LogP contribution in [0.1, 0.15) is 58.2 Å². The van der Waals surface area contributed by atoms with Gasteiger partial charge in [0, 0.05) is 0 Å². The third-order valence-corrected chi connectivity index (χ3v) is 2.77. The number of benzene rings is 1. The molecule has 0 fully saturated rings. The van der Waals surface area contributed by atoms with Crippen molar-refractivity contribution in [3.63, 3.8) is 0 Å². The minimum absolute atomic E-state index is 0.196. The van der Waals surface area contributed by atoms with Crippen LogP contribution in [0.5, 0.6) is 0 Å². The van der Waals surface area contributed by atoms with Gasteiger partial charge in [-0.25, -0.2) is 0 Å². The van der Waals surface area contributed by atoms with Crippen LogP contribution in [-0.4, -0.2) is 0 Å². The standard InChI is InChI=1S/C15H23/c1-11-10-12(14(2,3)4)8-9-13(11)15(5,6)7/h9-10H,1-7H3. The van der Waals surface area contributed by atoms with Gasteiger partial charge in [-0.1, -0.05) is 53.7 Å². The van der Waals surface area contributed by atoms with Gasteiger partial charge in [0.05, 0.1) is 0 Å². The average molecular weight is 203 g/mol. The van der Waals surface area contributed by atoms with E-state index in [1.165, 1.54) is 16.7 Å². The molecule has 15 heavy (non-hydrogen) atoms. The zero-order chi connectivity index (χ0) is 11.9. The van der Waals surface area contributed by atoms with E-state index in [4.69, 9.17) is 0 Å². The van der Waals surface area contributed by atoms with Crippen LogP contribution in [-0.2, 0) is 10.8 Å². The van der Waals surface area contributed by atoms with Gasteiger partial charge in [0.2, 0.25) is 0 Å². The molecule has 0 aliphatic carbocycles. The Hall–Kier alpha value is -0.780. The van der Waals surface area contributed by atoms with E-state index in [0.717, 1.165) is 0 Å². The zero-order valence-corrected chi connectivity index (χ0v) is 11.2. The lowest BCUT2D eigenvalue weighted by molar-refractivity contribution is 0.572. The Morgan fingerprint density at radius 2 is 1.47 bits per heavy atom. The van der Waals surface area contributed by atoms with E-state index < -0.39 is 0 Å². The first-order chi connectivity index (χ1) is 6.62. The lowest BCUT2D eigenvalue weighted by atomic mass is 9.80. The second-order valence-electron chi connectivity index (χ2n) is 6.44. The van der Waals surface area contributed by atoms with Crippen molar-refractivity contribution >= 4 is 0 Å². The van der Waals surface area contributed by atoms with Gasteiger partial charge in [0.15, 0.2) is 0 Å². The molecule has 0 N–H and O–H groups in total. The smallest absolute Gasteiger partial charge is 0.0126 e. The fraction of sp³-hybridized carbons (Fsp3) is 0.600. The Morgan fingerprint density at radius 1 is 0.933 bits per heavy atom. The molecule has 0 atom stereocenters. The Bertz CT molecular complexity index is 345. The van der Waals surface area contributed by atoms with E-state index in [2.05, 4.69) is 66.7 Å². The molecule has 0 aliphatic heterocycles. The molecule has 0 aliphatic rings. The van der Waals surface area contributed by atoms with Crippen molar-refractivity contribution in [2.24, 2.45) is 0 Å². The highest BCUT2D eigenvalue weighted by molar-refractivity contribution is 5.37. The monoisotopic (exact) mass is 203 g/mol. The predicted molar refractivity (Wildman–Crippen MR) is 67.4 cm³/mol. The molecule has 1 aromatic carbocycles. The second kappa shape index (κ2) is 3.66. The van der Waals surface area contributed by atoms with Gasteiger partial charge in [-0.3, -0.25) is 0 Å². The summed E-state index contributed by atoms with van der Waals surface area (Å²) in [6.45, 7) is 15.6. The molecule has 0 heteroatoms. The van der Waals surface area contributed by atoms with Crippen molar-refractivity contribution < 1.29 is 0 Å². The van der Waals surface area contributed by atoms with Crippen LogP contribution >= 0.6 is 0 Å². The summed E-state index contributed by atoms with van der Waals surface area (Å²) in [5.74, 6) is 0. The number of aryl methyl sites for hydroxylation is 1. The lowest BCUT2D eigenvalue weighted by Crippen LogP contribution is -2.16. The van der Waals surface area contributed by atoms with Gasteiger partial charge >= 0.3 is 0 Å². The van der Waals surface area contributed by atoms with Crippen molar-refractivity contribution in [3.8, 4) is 0 Å². The Kier molecular flexibility index (Phi) is 3.00. The molecule has 0 saturated heterocycles. The maximum Gasteiger partial charge on any atom is -0.0126 e. The lowest BCUT2D eigenvalue weighted by Gasteiger charge is -2.25. The fourth-order valence-corrected chi connectivity index (χ4v) is 1.84. The van der Waals surface area contributed by atoms with Crippen LogP contribution in [0.2, 0.25) is 0 Å². The number of rotatable bonds is 0. The highest BCUT2D eigenvalue weighted by Gasteiger charge is 2.19. The molecule has 0 aromatic heterocycles. The van der Waals surface area contributed by atoms with E-state index in [9.17, 15) is 0 Å². The van der Waals surface area contributed by atoms with Crippen molar-refractivity contribution in [1.29, 1.82) is 0 Å². The minimum atomic E-state index is 0.196. The molecule has 1 radical (unpaired) electrons. The van der Waals surface area contributed by atoms with E-state index in [-0.39, 0.29) is 10.8 Å². The molecule has 0 heterocycles. The maximum absolute atomic E-state index is 3.42. The summed E-state index contributed by atoms with van der Waals surface area (Å²) in [6, 6.07) is 7.87. The molecule has 83 valence electrons. The van der Waals surface area contributed by atoms with Crippen LogP contribution in [0.4, 0.5) is 0 Å². The second-order valence-corrected chi connectivity index (χ2v) is 6.44. The van der Waals surface area contributed by atoms with Crippen molar-refractivity contribution in [2.75, 3.05) is 0 Å². The Labute approximate surface area is 94.7 Å². The van der Waals surface area contributed by atoms with Crippen molar-refractivity contribution in [2.45, 2.75) is 59.3 Å². The van der Waals surface area contributed by atoms with E-state index >= 15 is 0 Å². The molecule has 1 aromatic rings. The summed E-state index contributed by atoms with van der Waals surface area (Å²) in [5.41, 5.74) is 4.49. The topological polar surface area (TPSA) is 0 Å². The van der Waals surface area contributed by atoms with Gasteiger partial charge in [-0.05, 0) is 40.5 Å². The SMILES string of the molecule is Cc1cc(C(C)(C)C)[c]cc1C(C)(C)C. The maximum atomic E-state index is 3.42. The third-order valence-electron chi connectivity index (χ3n) is 2.77. The molecule has 0 saturated carbocycles. The first-order valence-electron chi connectivity index (χ1n) is 5.65. The van der Waals surface area contributed by atoms with Gasteiger partial charge < -0.3 is 0 Å². The molecule has 0 bridgehead atoms. The third kappa shape index (κ3) is 2.84. The van der Waals surface area contributed by atoms with E-state index in [0.29, 0.717) is 0 Å². The van der Waals surface area contributed by atoms with Crippen molar-refractivity contribution in [3.05, 3.63) is 34.9 Å². The summed E-state index contributed by atoms with van der Waals surface area (Å²) >= 11 is 0. The molecule has 0 unspecified atom stereocenters. The number of hydrogen-bond donors (Lipinski definition) is 0. The highest BCUT2D eigenvalue weighted by atomic mass is 14.2. The van der Waals surface area contributed by atoms with Gasteiger partial charge in [-0.15, -0.1) is 0 Å². The first-order valence-corrected chi connectivity index (χ1v) is 5.65. The van der Waals surface area contributed by atoms with Gasteiger partial charge in [-0.2, -0.15) is 0 Å². The van der Waals surface area contributed by atoms with Crippen molar-refractivity contribution in [1.82, 2.24) is 0 Å². The van der Waals surface area contributed by atoms with Gasteiger partial charge in [0.25, 0.3) is 0 Å². The zero-order valence-electron chi connectivity index (χ0n) is 11.2. The summed E-state index contributed by atoms with van der Waals surface area (Å²) in [6.07, 6.45) is 0. The van der Waals surface area contributed by atoms with Crippen LogP contribution < -0.4 is 0 Å². The largest absolute Gasteiger partial charge is 0.0561 e. The predicted octanol–water partition coefficient (Wildman–Crippen LogP) is 4.39. The fourth-order valence-electron chi connectivity index (χ4n) is 1.84. The normalized spacial score (nSPS) is 13.0. The van der Waals surface area contributed by atoms with Crippen LogP contribution in [0.25, 0.3) is 0 Å². The Morgan fingerprint density at radius 3 is 1.80 bits per heavy atom. The number of hydrogen-bond acceptors (Lipinski definition) is 0. The average Bonchev–Trinajstić information content (AvgIpc) is 1.99. The van der Waals surface area contributed by atoms with Crippen LogP contribution in [0, 0.1) is 13.0 Å². The van der Waals surface area contributed by atoms with E-state index in [1.54, 1.807) is 0 Å². The quantitative estimate of drug-likeness (QED) is 0.586. The van der Waals surface area contributed by atoms with Crippen LogP contribution in [0.3, 0.4) is 0 Å². The first kappa shape index (κ1) is 12.3. The van der Waals surface area contributed by atoms with Crippen LogP contribution in [0.15, 0.2) is 12.1 Å². The summed E-state index contributed by atoms with van der Waals surface area (Å²) in [7, 11) is 0. The van der Waals surface area contributed by atoms with E-state index in [1.807, 2.05) is 0 Å². The molecule has 1 rings (SSSR count). The molecular formula is C15H23. The summed E-state index contributed by atoms with van der Waals surface area (Å²) in [4.78, 5) is 0. The molecule has 0 spiro atoms. The van der Waals surface area contributed by atoms with Gasteiger partial charge in [0.1, 0.15) is 0 Å². The highest BCUT2D eigenvalue weighted by Crippen LogP contribution is 2.29. The minimum Gasteiger partial charge on any atom is -0.0561 e. The summed E-state index contributed by atoms with van der Waals surface area (Å²) in [5, 5.41) is 0. The Balaban J connectivity index is 3.21. The summed E-state index contributed by atoms with van der Waals surface area (Å²) < 4.78 is 0.